The van der Waals surface area contributed by atoms with Gasteiger partial charge in [-0.15, -0.1) is 0 Å². The van der Waals surface area contributed by atoms with E-state index < -0.39 is 0 Å². The SMILES string of the molecule is CCCCn1c2ccccc2c2ccc3cc(OC)ccc3c21. The van der Waals surface area contributed by atoms with Crippen LogP contribution >= 0.6 is 0 Å². The Hall–Kier alpha value is -2.48. The highest BCUT2D eigenvalue weighted by molar-refractivity contribution is 6.17. The van der Waals surface area contributed by atoms with Crippen LogP contribution in [0.25, 0.3) is 32.6 Å². The molecule has 0 spiro atoms. The summed E-state index contributed by atoms with van der Waals surface area (Å²) in [6, 6.07) is 19.6. The number of hydrogen-bond acceptors (Lipinski definition) is 1. The average molecular weight is 303 g/mol. The molecule has 0 unspecified atom stereocenters. The van der Waals surface area contributed by atoms with Gasteiger partial charge in [-0.2, -0.15) is 0 Å². The lowest BCUT2D eigenvalue weighted by Gasteiger charge is -2.09. The molecule has 0 aliphatic rings. The van der Waals surface area contributed by atoms with E-state index in [4.69, 9.17) is 4.74 Å². The lowest BCUT2D eigenvalue weighted by molar-refractivity contribution is 0.415. The maximum Gasteiger partial charge on any atom is 0.119 e. The second kappa shape index (κ2) is 5.62. The van der Waals surface area contributed by atoms with Crippen LogP contribution in [0.3, 0.4) is 0 Å². The largest absolute Gasteiger partial charge is 0.497 e. The zero-order valence-corrected chi connectivity index (χ0v) is 13.7. The third-order valence-electron chi connectivity index (χ3n) is 4.69. The Morgan fingerprint density at radius 1 is 0.913 bits per heavy atom. The monoisotopic (exact) mass is 303 g/mol. The fraction of sp³-hybridized carbons (Fsp3) is 0.238. The van der Waals surface area contributed by atoms with Crippen molar-refractivity contribution in [3.05, 3.63) is 54.6 Å². The summed E-state index contributed by atoms with van der Waals surface area (Å²) in [5.74, 6) is 0.910. The summed E-state index contributed by atoms with van der Waals surface area (Å²) < 4.78 is 7.87. The molecule has 1 heterocycles. The first-order chi connectivity index (χ1) is 11.3. The number of ether oxygens (including phenoxy) is 1. The van der Waals surface area contributed by atoms with Gasteiger partial charge in [0.05, 0.1) is 12.6 Å². The summed E-state index contributed by atoms with van der Waals surface area (Å²) in [5.41, 5.74) is 2.68. The Morgan fingerprint density at radius 3 is 2.57 bits per heavy atom. The predicted molar refractivity (Wildman–Crippen MR) is 98.4 cm³/mol. The fourth-order valence-corrected chi connectivity index (χ4v) is 3.53. The van der Waals surface area contributed by atoms with Gasteiger partial charge < -0.3 is 9.30 Å². The van der Waals surface area contributed by atoms with Crippen LogP contribution < -0.4 is 4.74 Å². The van der Waals surface area contributed by atoms with Crippen LogP contribution in [-0.2, 0) is 6.54 Å². The van der Waals surface area contributed by atoms with Gasteiger partial charge in [0.25, 0.3) is 0 Å². The van der Waals surface area contributed by atoms with Crippen molar-refractivity contribution in [3.8, 4) is 5.75 Å². The Labute approximate surface area is 136 Å². The topological polar surface area (TPSA) is 14.2 Å². The molecule has 23 heavy (non-hydrogen) atoms. The average Bonchev–Trinajstić information content (AvgIpc) is 2.93. The molecule has 116 valence electrons. The van der Waals surface area contributed by atoms with E-state index in [2.05, 4.69) is 66.1 Å². The van der Waals surface area contributed by atoms with Crippen LogP contribution in [-0.4, -0.2) is 11.7 Å². The van der Waals surface area contributed by atoms with Crippen LogP contribution in [0, 0.1) is 0 Å². The summed E-state index contributed by atoms with van der Waals surface area (Å²) in [6.07, 6.45) is 2.40. The minimum atomic E-state index is 0.910. The minimum absolute atomic E-state index is 0.910. The fourth-order valence-electron chi connectivity index (χ4n) is 3.53. The summed E-state index contributed by atoms with van der Waals surface area (Å²) in [7, 11) is 1.72. The Morgan fingerprint density at radius 2 is 1.74 bits per heavy atom. The zero-order valence-electron chi connectivity index (χ0n) is 13.7. The quantitative estimate of drug-likeness (QED) is 0.468. The molecule has 0 aliphatic heterocycles. The van der Waals surface area contributed by atoms with E-state index in [0.717, 1.165) is 12.3 Å². The molecule has 0 N–H and O–H groups in total. The van der Waals surface area contributed by atoms with Crippen molar-refractivity contribution in [2.24, 2.45) is 0 Å². The number of nitrogens with zero attached hydrogens (tertiary/aromatic N) is 1. The molecule has 0 aliphatic carbocycles. The number of unbranched alkanes of at least 4 members (excludes halogenated alkanes) is 1. The van der Waals surface area contributed by atoms with E-state index in [1.165, 1.54) is 45.4 Å². The van der Waals surface area contributed by atoms with Gasteiger partial charge in [0, 0.05) is 28.2 Å². The Balaban J connectivity index is 2.13. The van der Waals surface area contributed by atoms with E-state index in [1.807, 2.05) is 0 Å². The van der Waals surface area contributed by atoms with Crippen molar-refractivity contribution in [2.45, 2.75) is 26.3 Å². The Kier molecular flexibility index (Phi) is 3.45. The van der Waals surface area contributed by atoms with Crippen molar-refractivity contribution in [3.63, 3.8) is 0 Å². The zero-order chi connectivity index (χ0) is 15.8. The van der Waals surface area contributed by atoms with Crippen LogP contribution in [0.2, 0.25) is 0 Å². The van der Waals surface area contributed by atoms with E-state index in [-0.39, 0.29) is 0 Å². The van der Waals surface area contributed by atoms with Crippen molar-refractivity contribution < 1.29 is 4.74 Å². The molecule has 2 nitrogen and oxygen atoms in total. The molecule has 0 fully saturated rings. The van der Waals surface area contributed by atoms with Gasteiger partial charge in [0.1, 0.15) is 5.75 Å². The molecule has 0 radical (unpaired) electrons. The van der Waals surface area contributed by atoms with Gasteiger partial charge in [-0.25, -0.2) is 0 Å². The van der Waals surface area contributed by atoms with Gasteiger partial charge in [-0.3, -0.25) is 0 Å². The number of aromatic nitrogens is 1. The first-order valence-corrected chi connectivity index (χ1v) is 8.31. The number of rotatable bonds is 4. The first-order valence-electron chi connectivity index (χ1n) is 8.31. The van der Waals surface area contributed by atoms with Gasteiger partial charge in [0.2, 0.25) is 0 Å². The number of aryl methyl sites for hydroxylation is 1. The highest BCUT2D eigenvalue weighted by atomic mass is 16.5. The molecule has 4 rings (SSSR count). The van der Waals surface area contributed by atoms with E-state index >= 15 is 0 Å². The molecular formula is C21H21NO. The van der Waals surface area contributed by atoms with Crippen LogP contribution in [0.5, 0.6) is 5.75 Å². The first kappa shape index (κ1) is 14.1. The predicted octanol–water partition coefficient (Wildman–Crippen LogP) is 5.76. The summed E-state index contributed by atoms with van der Waals surface area (Å²) in [4.78, 5) is 0. The minimum Gasteiger partial charge on any atom is -0.497 e. The van der Waals surface area contributed by atoms with E-state index in [1.54, 1.807) is 7.11 Å². The van der Waals surface area contributed by atoms with Crippen molar-refractivity contribution in [2.75, 3.05) is 7.11 Å². The van der Waals surface area contributed by atoms with Gasteiger partial charge in [-0.05, 0) is 36.1 Å². The molecule has 0 amide bonds. The Bertz CT molecular complexity index is 997. The molecule has 4 aromatic rings. The van der Waals surface area contributed by atoms with Crippen LogP contribution in [0.4, 0.5) is 0 Å². The number of methoxy groups -OCH3 is 1. The number of benzene rings is 3. The summed E-state index contributed by atoms with van der Waals surface area (Å²) in [6.45, 7) is 3.31. The molecule has 3 aromatic carbocycles. The maximum absolute atomic E-state index is 5.38. The molecule has 0 saturated carbocycles. The molecule has 0 saturated heterocycles. The second-order valence-electron chi connectivity index (χ2n) is 6.07. The van der Waals surface area contributed by atoms with Gasteiger partial charge >= 0.3 is 0 Å². The normalized spacial score (nSPS) is 11.6. The van der Waals surface area contributed by atoms with Gasteiger partial charge in [-0.1, -0.05) is 43.7 Å². The summed E-state index contributed by atoms with van der Waals surface area (Å²) in [5, 5.41) is 5.22. The second-order valence-corrected chi connectivity index (χ2v) is 6.07. The molecule has 0 bridgehead atoms. The van der Waals surface area contributed by atoms with E-state index in [0.29, 0.717) is 0 Å². The lowest BCUT2D eigenvalue weighted by atomic mass is 10.1. The number of para-hydroxylation sites is 1. The van der Waals surface area contributed by atoms with Crippen molar-refractivity contribution in [1.29, 1.82) is 0 Å². The molecule has 0 atom stereocenters. The van der Waals surface area contributed by atoms with Crippen molar-refractivity contribution in [1.82, 2.24) is 4.57 Å². The third kappa shape index (κ3) is 2.17. The molecule has 1 aromatic heterocycles. The highest BCUT2D eigenvalue weighted by Crippen LogP contribution is 2.35. The van der Waals surface area contributed by atoms with E-state index in [9.17, 15) is 0 Å². The van der Waals surface area contributed by atoms with Gasteiger partial charge in [0.15, 0.2) is 0 Å². The highest BCUT2D eigenvalue weighted by Gasteiger charge is 2.13. The number of fused-ring (bicyclic) bond motifs is 5. The molecule has 2 heteroatoms. The van der Waals surface area contributed by atoms with Crippen LogP contribution in [0.15, 0.2) is 54.6 Å². The lowest BCUT2D eigenvalue weighted by Crippen LogP contribution is -1.97. The number of hydrogen-bond donors (Lipinski definition) is 0. The summed E-state index contributed by atoms with van der Waals surface area (Å²) >= 11 is 0. The standard InChI is InChI=1S/C21H21NO/c1-3-4-13-22-20-8-6-5-7-18(20)19-11-9-15-14-16(23-2)10-12-17(15)21(19)22/h5-12,14H,3-4,13H2,1-2H3. The third-order valence-corrected chi connectivity index (χ3v) is 4.69. The van der Waals surface area contributed by atoms with Crippen molar-refractivity contribution >= 4 is 32.6 Å². The van der Waals surface area contributed by atoms with Crippen LogP contribution in [0.1, 0.15) is 19.8 Å². The maximum atomic E-state index is 5.38. The molecular weight excluding hydrogens is 282 g/mol. The smallest absolute Gasteiger partial charge is 0.119 e.